The maximum absolute atomic E-state index is 9.55. The highest BCUT2D eigenvalue weighted by Gasteiger charge is 2.18. The zero-order chi connectivity index (χ0) is 15.7. The number of carboxylic acids is 2. The number of hydrogen-bond donors (Lipinski definition) is 3. The summed E-state index contributed by atoms with van der Waals surface area (Å²) in [5.41, 5.74) is 7.22. The molecule has 0 bridgehead atoms. The lowest BCUT2D eigenvalue weighted by Crippen LogP contribution is -2.26. The molecule has 0 aliphatic carbocycles. The second-order valence-electron chi connectivity index (χ2n) is 4.78. The van der Waals surface area contributed by atoms with Crippen LogP contribution in [0.5, 0.6) is 0 Å². The molecule has 0 saturated carbocycles. The number of rotatable bonds is 4. The molecule has 0 radical (unpaired) electrons. The molecule has 1 fully saturated rings. The van der Waals surface area contributed by atoms with Gasteiger partial charge in [0.15, 0.2) is 0 Å². The quantitative estimate of drug-likeness (QED) is 0.713. The first-order valence-electron chi connectivity index (χ1n) is 6.63. The Labute approximate surface area is 123 Å². The number of aliphatic carboxylic acids is 2. The molecular formula is C15H20N2O4. The van der Waals surface area contributed by atoms with Crippen LogP contribution in [0.1, 0.15) is 12.0 Å². The molecule has 2 rings (SSSR count). The number of carboxylic acid groups (broad SMARTS) is 2. The van der Waals surface area contributed by atoms with Gasteiger partial charge in [0.2, 0.25) is 0 Å². The lowest BCUT2D eigenvalue weighted by atomic mass is 10.2. The lowest BCUT2D eigenvalue weighted by Gasteiger charge is -2.14. The van der Waals surface area contributed by atoms with Gasteiger partial charge >= 0.3 is 11.9 Å². The topological polar surface area (TPSA) is 104 Å². The molecule has 0 aromatic heterocycles. The number of nitrogens with zero attached hydrogens (tertiary/aromatic N) is 1. The summed E-state index contributed by atoms with van der Waals surface area (Å²) in [6, 6.07) is 11.0. The van der Waals surface area contributed by atoms with Crippen molar-refractivity contribution in [1.29, 1.82) is 0 Å². The summed E-state index contributed by atoms with van der Waals surface area (Å²) in [6.45, 7) is 3.25. The molecule has 0 spiro atoms. The van der Waals surface area contributed by atoms with Gasteiger partial charge in [-0.1, -0.05) is 30.3 Å². The monoisotopic (exact) mass is 292 g/mol. The van der Waals surface area contributed by atoms with E-state index >= 15 is 0 Å². The Morgan fingerprint density at radius 3 is 2.19 bits per heavy atom. The predicted molar refractivity (Wildman–Crippen MR) is 78.7 cm³/mol. The van der Waals surface area contributed by atoms with Crippen molar-refractivity contribution in [3.8, 4) is 0 Å². The van der Waals surface area contributed by atoms with E-state index in [-0.39, 0.29) is 0 Å². The van der Waals surface area contributed by atoms with E-state index in [4.69, 9.17) is 15.9 Å². The van der Waals surface area contributed by atoms with Crippen LogP contribution in [0.25, 0.3) is 0 Å². The van der Waals surface area contributed by atoms with E-state index in [9.17, 15) is 9.59 Å². The largest absolute Gasteiger partial charge is 0.478 e. The average Bonchev–Trinajstić information content (AvgIpc) is 2.84. The molecule has 1 unspecified atom stereocenters. The van der Waals surface area contributed by atoms with Gasteiger partial charge in [0, 0.05) is 37.8 Å². The van der Waals surface area contributed by atoms with E-state index in [0.29, 0.717) is 18.2 Å². The molecule has 1 saturated heterocycles. The fourth-order valence-electron chi connectivity index (χ4n) is 1.99. The minimum atomic E-state index is -1.26. The number of benzene rings is 1. The Morgan fingerprint density at radius 2 is 1.76 bits per heavy atom. The third-order valence-corrected chi connectivity index (χ3v) is 2.93. The summed E-state index contributed by atoms with van der Waals surface area (Å²) < 4.78 is 0. The predicted octanol–water partition coefficient (Wildman–Crippen LogP) is 0.931. The molecular weight excluding hydrogens is 272 g/mol. The Balaban J connectivity index is 0.000000240. The van der Waals surface area contributed by atoms with Crippen molar-refractivity contribution in [3.63, 3.8) is 0 Å². The number of carbonyl (C=O) groups is 2. The fraction of sp³-hybridized carbons (Fsp3) is 0.333. The number of likely N-dealkylation sites (tertiary alicyclic amines) is 1. The van der Waals surface area contributed by atoms with Crippen LogP contribution in [0, 0.1) is 0 Å². The lowest BCUT2D eigenvalue weighted by molar-refractivity contribution is -0.134. The van der Waals surface area contributed by atoms with Crippen LogP contribution in [0.3, 0.4) is 0 Å². The van der Waals surface area contributed by atoms with Gasteiger partial charge < -0.3 is 15.9 Å². The standard InChI is InChI=1S/C11H16N2.C4H4O4/c12-11-6-7-13(9-11)8-10-4-2-1-3-5-10;5-3(6)1-2-4(7)8/h1-5,11H,6-9,12H2;1-2H,(H,5,6)(H,7,8)/b;2-1+. The first-order chi connectivity index (χ1) is 9.97. The molecule has 6 nitrogen and oxygen atoms in total. The molecule has 1 aromatic rings. The maximum Gasteiger partial charge on any atom is 0.328 e. The second-order valence-corrected chi connectivity index (χ2v) is 4.78. The van der Waals surface area contributed by atoms with Crippen LogP contribution in [0.2, 0.25) is 0 Å². The van der Waals surface area contributed by atoms with Gasteiger partial charge in [0.05, 0.1) is 0 Å². The van der Waals surface area contributed by atoms with Crippen molar-refractivity contribution in [2.24, 2.45) is 5.73 Å². The molecule has 4 N–H and O–H groups in total. The molecule has 114 valence electrons. The van der Waals surface area contributed by atoms with Gasteiger partial charge in [-0.25, -0.2) is 9.59 Å². The summed E-state index contributed by atoms with van der Waals surface area (Å²) in [7, 11) is 0. The second kappa shape index (κ2) is 8.89. The van der Waals surface area contributed by atoms with E-state index in [1.165, 1.54) is 5.56 Å². The Morgan fingerprint density at radius 1 is 1.19 bits per heavy atom. The van der Waals surface area contributed by atoms with Crippen molar-refractivity contribution >= 4 is 11.9 Å². The molecule has 1 heterocycles. The highest BCUT2D eigenvalue weighted by molar-refractivity contribution is 5.89. The van der Waals surface area contributed by atoms with E-state index in [1.54, 1.807) is 0 Å². The summed E-state index contributed by atoms with van der Waals surface area (Å²) in [4.78, 5) is 21.5. The van der Waals surface area contributed by atoms with Crippen LogP contribution in [0.4, 0.5) is 0 Å². The molecule has 1 aromatic carbocycles. The van der Waals surface area contributed by atoms with Gasteiger partial charge in [-0.05, 0) is 12.0 Å². The number of nitrogens with two attached hydrogens (primary N) is 1. The number of hydrogen-bond acceptors (Lipinski definition) is 4. The van der Waals surface area contributed by atoms with Crippen LogP contribution in [-0.2, 0) is 16.1 Å². The normalized spacial score (nSPS) is 18.2. The maximum atomic E-state index is 9.55. The molecule has 1 aliphatic rings. The van der Waals surface area contributed by atoms with Crippen LogP contribution >= 0.6 is 0 Å². The van der Waals surface area contributed by atoms with Crippen molar-refractivity contribution in [2.75, 3.05) is 13.1 Å². The molecule has 6 heteroatoms. The summed E-state index contributed by atoms with van der Waals surface area (Å²) in [5.74, 6) is -2.51. The smallest absolute Gasteiger partial charge is 0.328 e. The van der Waals surface area contributed by atoms with Gasteiger partial charge in [0.25, 0.3) is 0 Å². The third-order valence-electron chi connectivity index (χ3n) is 2.93. The van der Waals surface area contributed by atoms with Gasteiger partial charge in [-0.15, -0.1) is 0 Å². The Kier molecular flexibility index (Phi) is 7.14. The highest BCUT2D eigenvalue weighted by atomic mass is 16.4. The van der Waals surface area contributed by atoms with Crippen molar-refractivity contribution in [3.05, 3.63) is 48.0 Å². The third kappa shape index (κ3) is 7.86. The van der Waals surface area contributed by atoms with Gasteiger partial charge in [-0.2, -0.15) is 0 Å². The zero-order valence-electron chi connectivity index (χ0n) is 11.7. The van der Waals surface area contributed by atoms with Crippen molar-refractivity contribution in [2.45, 2.75) is 19.0 Å². The summed E-state index contributed by atoms with van der Waals surface area (Å²) >= 11 is 0. The Hall–Kier alpha value is -2.18. The van der Waals surface area contributed by atoms with E-state index in [2.05, 4.69) is 35.2 Å². The summed E-state index contributed by atoms with van der Waals surface area (Å²) in [5, 5.41) is 15.6. The Bertz CT molecular complexity index is 472. The van der Waals surface area contributed by atoms with Crippen LogP contribution < -0.4 is 5.73 Å². The van der Waals surface area contributed by atoms with Crippen LogP contribution in [0.15, 0.2) is 42.5 Å². The highest BCUT2D eigenvalue weighted by Crippen LogP contribution is 2.11. The summed E-state index contributed by atoms with van der Waals surface area (Å²) in [6.07, 6.45) is 2.26. The van der Waals surface area contributed by atoms with Crippen molar-refractivity contribution in [1.82, 2.24) is 4.90 Å². The van der Waals surface area contributed by atoms with E-state index < -0.39 is 11.9 Å². The molecule has 1 aliphatic heterocycles. The SMILES string of the molecule is NC1CCN(Cc2ccccc2)C1.O=C(O)/C=C/C(=O)O. The molecule has 0 amide bonds. The van der Waals surface area contributed by atoms with Crippen molar-refractivity contribution < 1.29 is 19.8 Å². The van der Waals surface area contributed by atoms with Crippen LogP contribution in [-0.4, -0.2) is 46.2 Å². The fourth-order valence-corrected chi connectivity index (χ4v) is 1.99. The minimum absolute atomic E-state index is 0.392. The van der Waals surface area contributed by atoms with Gasteiger partial charge in [0.1, 0.15) is 0 Å². The zero-order valence-corrected chi connectivity index (χ0v) is 11.7. The average molecular weight is 292 g/mol. The molecule has 1 atom stereocenters. The minimum Gasteiger partial charge on any atom is -0.478 e. The van der Waals surface area contributed by atoms with E-state index in [0.717, 1.165) is 26.1 Å². The van der Waals surface area contributed by atoms with Gasteiger partial charge in [-0.3, -0.25) is 4.90 Å². The first-order valence-corrected chi connectivity index (χ1v) is 6.63. The first kappa shape index (κ1) is 16.9. The van der Waals surface area contributed by atoms with E-state index in [1.807, 2.05) is 0 Å². The molecule has 21 heavy (non-hydrogen) atoms.